The van der Waals surface area contributed by atoms with Crippen LogP contribution in [0.2, 0.25) is 0 Å². The Hall–Kier alpha value is -2.79. The van der Waals surface area contributed by atoms with Crippen LogP contribution in [0.4, 0.5) is 11.4 Å². The second kappa shape index (κ2) is 9.95. The average Bonchev–Trinajstić information content (AvgIpc) is 2.71. The zero-order valence-electron chi connectivity index (χ0n) is 15.9. The number of hydrogen-bond acceptors (Lipinski definition) is 3. The summed E-state index contributed by atoms with van der Waals surface area (Å²) in [6.45, 7) is 2.06. The number of carbonyl (C=O) groups excluding carboxylic acids is 2. The van der Waals surface area contributed by atoms with Crippen molar-refractivity contribution in [1.29, 1.82) is 0 Å². The number of fused-ring (bicyclic) bond motifs is 1. The van der Waals surface area contributed by atoms with Gasteiger partial charge in [0.05, 0.1) is 5.75 Å². The molecule has 0 spiro atoms. The highest BCUT2D eigenvalue weighted by Crippen LogP contribution is 2.22. The molecular formula is C23H24N2O2S. The van der Waals surface area contributed by atoms with E-state index >= 15 is 0 Å². The van der Waals surface area contributed by atoms with Crippen LogP contribution in [0.1, 0.15) is 26.2 Å². The van der Waals surface area contributed by atoms with Gasteiger partial charge in [0.1, 0.15) is 0 Å². The van der Waals surface area contributed by atoms with Crippen LogP contribution in [-0.4, -0.2) is 17.6 Å². The third-order valence-electron chi connectivity index (χ3n) is 4.30. The average molecular weight is 393 g/mol. The fraction of sp³-hybridized carbons (Fsp3) is 0.217. The molecule has 2 amide bonds. The molecule has 3 aromatic rings. The van der Waals surface area contributed by atoms with Crippen LogP contribution in [0.5, 0.6) is 0 Å². The Balaban J connectivity index is 1.49. The molecule has 0 saturated carbocycles. The lowest BCUT2D eigenvalue weighted by atomic mass is 10.1. The van der Waals surface area contributed by atoms with Crippen LogP contribution < -0.4 is 10.6 Å². The molecule has 0 fully saturated rings. The Labute approximate surface area is 169 Å². The summed E-state index contributed by atoms with van der Waals surface area (Å²) in [5, 5.41) is 8.08. The molecule has 0 aromatic heterocycles. The van der Waals surface area contributed by atoms with Gasteiger partial charge in [0.15, 0.2) is 0 Å². The summed E-state index contributed by atoms with van der Waals surface area (Å²) in [7, 11) is 0. The molecule has 3 aromatic carbocycles. The molecule has 0 radical (unpaired) electrons. The number of nitrogens with one attached hydrogen (secondary N) is 2. The van der Waals surface area contributed by atoms with E-state index in [1.165, 1.54) is 11.8 Å². The number of benzene rings is 3. The highest BCUT2D eigenvalue weighted by atomic mass is 32.2. The van der Waals surface area contributed by atoms with Crippen molar-refractivity contribution in [3.63, 3.8) is 0 Å². The molecule has 2 N–H and O–H groups in total. The number of thioether (sulfide) groups is 1. The van der Waals surface area contributed by atoms with Gasteiger partial charge < -0.3 is 10.6 Å². The summed E-state index contributed by atoms with van der Waals surface area (Å²) in [5.41, 5.74) is 1.58. The van der Waals surface area contributed by atoms with Gasteiger partial charge in [0, 0.05) is 22.7 Å². The summed E-state index contributed by atoms with van der Waals surface area (Å²) in [6.07, 6.45) is 2.44. The summed E-state index contributed by atoms with van der Waals surface area (Å²) in [6, 6.07) is 21.5. The molecule has 0 saturated heterocycles. The maximum Gasteiger partial charge on any atom is 0.234 e. The fourth-order valence-corrected chi connectivity index (χ4v) is 3.51. The second-order valence-electron chi connectivity index (χ2n) is 6.57. The number of rotatable bonds is 8. The molecule has 0 aliphatic rings. The third-order valence-corrected chi connectivity index (χ3v) is 5.31. The number of unbranched alkanes of at least 4 members (excludes halogenated alkanes) is 1. The minimum Gasteiger partial charge on any atom is -0.326 e. The third kappa shape index (κ3) is 5.86. The zero-order chi connectivity index (χ0) is 19.8. The van der Waals surface area contributed by atoms with Crippen molar-refractivity contribution in [2.24, 2.45) is 0 Å². The van der Waals surface area contributed by atoms with Crippen molar-refractivity contribution in [3.8, 4) is 0 Å². The van der Waals surface area contributed by atoms with Gasteiger partial charge in [-0.15, -0.1) is 11.8 Å². The van der Waals surface area contributed by atoms with Gasteiger partial charge in [0.25, 0.3) is 0 Å². The SMILES string of the molecule is CCCCC(=O)Nc1ccc(SCC(=O)Nc2ccc3ccccc3c2)cc1. The lowest BCUT2D eigenvalue weighted by Gasteiger charge is -2.08. The molecule has 0 unspecified atom stereocenters. The topological polar surface area (TPSA) is 58.2 Å². The van der Waals surface area contributed by atoms with E-state index in [4.69, 9.17) is 0 Å². The van der Waals surface area contributed by atoms with E-state index in [0.29, 0.717) is 12.2 Å². The normalized spacial score (nSPS) is 10.6. The molecule has 5 heteroatoms. The molecule has 0 bridgehead atoms. The minimum atomic E-state index is -0.0442. The second-order valence-corrected chi connectivity index (χ2v) is 7.62. The molecule has 3 rings (SSSR count). The maximum absolute atomic E-state index is 12.2. The van der Waals surface area contributed by atoms with Crippen LogP contribution in [0.3, 0.4) is 0 Å². The number of hydrogen-bond donors (Lipinski definition) is 2. The Kier molecular flexibility index (Phi) is 7.09. The van der Waals surface area contributed by atoms with Crippen molar-refractivity contribution in [2.45, 2.75) is 31.1 Å². The molecular weight excluding hydrogens is 368 g/mol. The van der Waals surface area contributed by atoms with Crippen molar-refractivity contribution in [2.75, 3.05) is 16.4 Å². The Bertz CT molecular complexity index is 954. The van der Waals surface area contributed by atoms with Gasteiger partial charge in [-0.2, -0.15) is 0 Å². The van der Waals surface area contributed by atoms with E-state index in [-0.39, 0.29) is 11.8 Å². The van der Waals surface area contributed by atoms with Crippen LogP contribution in [0.15, 0.2) is 71.6 Å². The first kappa shape index (κ1) is 20.0. The molecule has 0 aliphatic carbocycles. The highest BCUT2D eigenvalue weighted by Gasteiger charge is 2.06. The number of amides is 2. The van der Waals surface area contributed by atoms with E-state index < -0.39 is 0 Å². The Morgan fingerprint density at radius 3 is 2.25 bits per heavy atom. The van der Waals surface area contributed by atoms with E-state index in [1.807, 2.05) is 66.7 Å². The van der Waals surface area contributed by atoms with Gasteiger partial charge in [-0.25, -0.2) is 0 Å². The van der Waals surface area contributed by atoms with E-state index in [1.54, 1.807) is 0 Å². The summed E-state index contributed by atoms with van der Waals surface area (Å²) >= 11 is 1.47. The van der Waals surface area contributed by atoms with E-state index in [9.17, 15) is 9.59 Å². The summed E-state index contributed by atoms with van der Waals surface area (Å²) in [4.78, 5) is 25.0. The molecule has 0 aliphatic heterocycles. The lowest BCUT2D eigenvalue weighted by molar-refractivity contribution is -0.116. The van der Waals surface area contributed by atoms with Gasteiger partial charge in [-0.1, -0.05) is 43.7 Å². The van der Waals surface area contributed by atoms with Crippen molar-refractivity contribution in [1.82, 2.24) is 0 Å². The summed E-state index contributed by atoms with van der Waals surface area (Å²) in [5.74, 6) is 0.323. The predicted molar refractivity (Wildman–Crippen MR) is 118 cm³/mol. The molecule has 4 nitrogen and oxygen atoms in total. The fourth-order valence-electron chi connectivity index (χ4n) is 2.81. The Morgan fingerprint density at radius 1 is 0.821 bits per heavy atom. The van der Waals surface area contributed by atoms with Crippen molar-refractivity contribution in [3.05, 3.63) is 66.7 Å². The van der Waals surface area contributed by atoms with Crippen molar-refractivity contribution >= 4 is 45.7 Å². The van der Waals surface area contributed by atoms with Crippen molar-refractivity contribution < 1.29 is 9.59 Å². The van der Waals surface area contributed by atoms with Gasteiger partial charge in [-0.05, 0) is 53.6 Å². The maximum atomic E-state index is 12.2. The van der Waals surface area contributed by atoms with Crippen LogP contribution in [0.25, 0.3) is 10.8 Å². The molecule has 144 valence electrons. The van der Waals surface area contributed by atoms with E-state index in [0.717, 1.165) is 39.9 Å². The monoisotopic (exact) mass is 392 g/mol. The number of carbonyl (C=O) groups is 2. The summed E-state index contributed by atoms with van der Waals surface area (Å²) < 4.78 is 0. The predicted octanol–water partition coefficient (Wildman–Crippen LogP) is 5.70. The van der Waals surface area contributed by atoms with Gasteiger partial charge in [-0.3, -0.25) is 9.59 Å². The van der Waals surface area contributed by atoms with E-state index in [2.05, 4.69) is 17.6 Å². The largest absolute Gasteiger partial charge is 0.326 e. The first-order valence-electron chi connectivity index (χ1n) is 9.45. The first-order valence-corrected chi connectivity index (χ1v) is 10.4. The molecule has 0 atom stereocenters. The zero-order valence-corrected chi connectivity index (χ0v) is 16.7. The quantitative estimate of drug-likeness (QED) is 0.484. The van der Waals surface area contributed by atoms with Crippen LogP contribution in [-0.2, 0) is 9.59 Å². The molecule has 28 heavy (non-hydrogen) atoms. The minimum absolute atomic E-state index is 0.0389. The smallest absolute Gasteiger partial charge is 0.234 e. The van der Waals surface area contributed by atoms with Gasteiger partial charge >= 0.3 is 0 Å². The number of anilines is 2. The molecule has 0 heterocycles. The first-order chi connectivity index (χ1) is 13.6. The Morgan fingerprint density at radius 2 is 1.50 bits per heavy atom. The van der Waals surface area contributed by atoms with Crippen LogP contribution in [0, 0.1) is 0 Å². The lowest BCUT2D eigenvalue weighted by Crippen LogP contribution is -2.13. The van der Waals surface area contributed by atoms with Crippen LogP contribution >= 0.6 is 11.8 Å². The van der Waals surface area contributed by atoms with Gasteiger partial charge in [0.2, 0.25) is 11.8 Å². The highest BCUT2D eigenvalue weighted by molar-refractivity contribution is 8.00. The standard InChI is InChI=1S/C23H24N2O2S/c1-2-3-8-22(26)24-19-11-13-21(14-12-19)28-16-23(27)25-20-10-9-17-6-4-5-7-18(17)15-20/h4-7,9-15H,2-3,8,16H2,1H3,(H,24,26)(H,25,27).